The summed E-state index contributed by atoms with van der Waals surface area (Å²) in [5, 5.41) is 6.46. The van der Waals surface area contributed by atoms with Crippen molar-refractivity contribution in [3.8, 4) is 22.8 Å². The summed E-state index contributed by atoms with van der Waals surface area (Å²) in [5.41, 5.74) is 2.38. The van der Waals surface area contributed by atoms with Crippen molar-refractivity contribution < 1.29 is 23.5 Å². The number of hydrogen-bond acceptors (Lipinski definition) is 6. The Morgan fingerprint density at radius 3 is 2.53 bits per heavy atom. The Kier molecular flexibility index (Phi) is 7.82. The van der Waals surface area contributed by atoms with Crippen LogP contribution in [0.3, 0.4) is 0 Å². The number of aryl methyl sites for hydroxylation is 1. The van der Waals surface area contributed by atoms with Crippen LogP contribution in [0, 0.1) is 12.7 Å². The first kappa shape index (κ1) is 25.2. The van der Waals surface area contributed by atoms with Crippen molar-refractivity contribution in [1.29, 1.82) is 0 Å². The first-order chi connectivity index (χ1) is 17.3. The van der Waals surface area contributed by atoms with Gasteiger partial charge in [0.15, 0.2) is 23.2 Å². The van der Waals surface area contributed by atoms with Crippen molar-refractivity contribution in [1.82, 2.24) is 4.98 Å². The van der Waals surface area contributed by atoms with Crippen molar-refractivity contribution in [2.75, 3.05) is 24.4 Å². The molecule has 4 aromatic rings. The molecule has 0 saturated heterocycles. The maximum Gasteiger partial charge on any atom is 0.262 e. The number of benzene rings is 3. The third kappa shape index (κ3) is 6.18. The lowest BCUT2D eigenvalue weighted by atomic mass is 10.1. The molecule has 2 N–H and O–H groups in total. The van der Waals surface area contributed by atoms with Gasteiger partial charge >= 0.3 is 0 Å². The monoisotopic (exact) mass is 525 g/mol. The van der Waals surface area contributed by atoms with Crippen molar-refractivity contribution >= 4 is 45.6 Å². The van der Waals surface area contributed by atoms with Gasteiger partial charge in [-0.2, -0.15) is 0 Å². The minimum Gasteiger partial charge on any atom is -0.493 e. The topological polar surface area (TPSA) is 89.6 Å². The highest BCUT2D eigenvalue weighted by molar-refractivity contribution is 7.16. The van der Waals surface area contributed by atoms with Gasteiger partial charge in [-0.1, -0.05) is 23.7 Å². The van der Waals surface area contributed by atoms with Crippen LogP contribution in [-0.4, -0.2) is 30.5 Å². The maximum atomic E-state index is 13.0. The molecule has 0 bridgehead atoms. The quantitative estimate of drug-likeness (QED) is 0.286. The smallest absolute Gasteiger partial charge is 0.262 e. The Hall–Kier alpha value is -3.95. The number of anilines is 2. The summed E-state index contributed by atoms with van der Waals surface area (Å²) in [5.74, 6) is -0.631. The number of nitrogens with zero attached hydrogens (tertiary/aromatic N) is 1. The Morgan fingerprint density at radius 2 is 1.81 bits per heavy atom. The van der Waals surface area contributed by atoms with Crippen LogP contribution in [0.1, 0.15) is 15.2 Å². The van der Waals surface area contributed by atoms with Gasteiger partial charge in [-0.05, 0) is 61.5 Å². The Labute approximate surface area is 215 Å². The lowest BCUT2D eigenvalue weighted by molar-refractivity contribution is -0.118. The molecule has 3 aromatic carbocycles. The third-order valence-corrected chi connectivity index (χ3v) is 6.15. The van der Waals surface area contributed by atoms with Crippen LogP contribution in [0.5, 0.6) is 11.5 Å². The molecular weight excluding hydrogens is 505 g/mol. The molecule has 0 unspecified atom stereocenters. The predicted molar refractivity (Wildman–Crippen MR) is 139 cm³/mol. The summed E-state index contributed by atoms with van der Waals surface area (Å²) in [6.45, 7) is 1.62. The number of carbonyl (C=O) groups is 2. The molecule has 184 valence electrons. The van der Waals surface area contributed by atoms with Crippen LogP contribution in [0.2, 0.25) is 5.02 Å². The van der Waals surface area contributed by atoms with Gasteiger partial charge in [-0.25, -0.2) is 9.37 Å². The van der Waals surface area contributed by atoms with E-state index in [0.717, 1.165) is 16.1 Å². The number of carbonyl (C=O) groups excluding carboxylic acids is 2. The molecule has 0 spiro atoms. The minimum absolute atomic E-state index is 0.284. The average Bonchev–Trinajstić information content (AvgIpc) is 3.23. The highest BCUT2D eigenvalue weighted by atomic mass is 35.5. The second-order valence-electron chi connectivity index (χ2n) is 7.60. The highest BCUT2D eigenvalue weighted by Gasteiger charge is 2.16. The fourth-order valence-electron chi connectivity index (χ4n) is 3.32. The van der Waals surface area contributed by atoms with Crippen LogP contribution < -0.4 is 20.1 Å². The summed E-state index contributed by atoms with van der Waals surface area (Å²) >= 11 is 7.45. The second kappa shape index (κ2) is 11.2. The zero-order valence-electron chi connectivity index (χ0n) is 19.3. The Balaban J connectivity index is 1.40. The third-order valence-electron chi connectivity index (χ3n) is 5.03. The molecule has 7 nitrogen and oxygen atoms in total. The largest absolute Gasteiger partial charge is 0.493 e. The normalized spacial score (nSPS) is 10.6. The molecule has 36 heavy (non-hydrogen) atoms. The molecule has 1 aromatic heterocycles. The number of halogens is 2. The van der Waals surface area contributed by atoms with Gasteiger partial charge in [0.1, 0.15) is 5.82 Å². The van der Waals surface area contributed by atoms with Gasteiger partial charge in [0.2, 0.25) is 0 Å². The summed E-state index contributed by atoms with van der Waals surface area (Å²) in [4.78, 5) is 30.5. The molecule has 0 radical (unpaired) electrons. The number of ether oxygens (including phenoxy) is 2. The van der Waals surface area contributed by atoms with E-state index in [1.165, 1.54) is 48.8 Å². The molecule has 0 atom stereocenters. The van der Waals surface area contributed by atoms with E-state index in [-0.39, 0.29) is 24.0 Å². The molecule has 0 aliphatic heterocycles. The number of amides is 2. The molecule has 0 aliphatic rings. The maximum absolute atomic E-state index is 13.0. The molecular formula is C26H21ClFN3O4S. The number of hydrogen-bond donors (Lipinski definition) is 2. The van der Waals surface area contributed by atoms with Gasteiger partial charge < -0.3 is 14.8 Å². The minimum atomic E-state index is -0.430. The van der Waals surface area contributed by atoms with E-state index in [4.69, 9.17) is 21.1 Å². The number of thiazole rings is 1. The lowest BCUT2D eigenvalue weighted by Crippen LogP contribution is -2.20. The lowest BCUT2D eigenvalue weighted by Gasteiger charge is -2.12. The second-order valence-corrected chi connectivity index (χ2v) is 9.24. The van der Waals surface area contributed by atoms with Crippen molar-refractivity contribution in [2.24, 2.45) is 0 Å². The fraction of sp³-hybridized carbons (Fsp3) is 0.115. The van der Waals surface area contributed by atoms with Crippen molar-refractivity contribution in [2.45, 2.75) is 6.92 Å². The Morgan fingerprint density at radius 1 is 1.03 bits per heavy atom. The van der Waals surface area contributed by atoms with Crippen LogP contribution in [0.4, 0.5) is 15.2 Å². The predicted octanol–water partition coefficient (Wildman–Crippen LogP) is 6.19. The van der Waals surface area contributed by atoms with Gasteiger partial charge in [0.25, 0.3) is 11.8 Å². The number of nitrogens with one attached hydrogen (secondary N) is 2. The summed E-state index contributed by atoms with van der Waals surface area (Å²) in [6, 6.07) is 17.4. The number of rotatable bonds is 8. The summed E-state index contributed by atoms with van der Waals surface area (Å²) in [6.07, 6.45) is 0. The van der Waals surface area contributed by atoms with Gasteiger partial charge in [-0.15, -0.1) is 11.3 Å². The van der Waals surface area contributed by atoms with E-state index in [1.807, 2.05) is 25.1 Å². The zero-order valence-corrected chi connectivity index (χ0v) is 20.9. The van der Waals surface area contributed by atoms with E-state index in [9.17, 15) is 14.0 Å². The summed E-state index contributed by atoms with van der Waals surface area (Å²) in [7, 11) is 1.43. The standard InChI is InChI=1S/C26H21ClFN3O4S/c1-15-24(16-4-3-5-18(27)12-16)30-26(36-15)31-25(33)17-6-11-21(22(13-17)34-2)35-14-23(32)29-20-9-7-19(28)8-10-20/h3-13H,14H2,1-2H3,(H,29,32)(H,30,31,33). The zero-order chi connectivity index (χ0) is 25.7. The average molecular weight is 526 g/mol. The highest BCUT2D eigenvalue weighted by Crippen LogP contribution is 2.33. The molecule has 0 fully saturated rings. The molecule has 4 rings (SSSR count). The molecule has 0 aliphatic carbocycles. The van der Waals surface area contributed by atoms with Gasteiger partial charge in [0, 0.05) is 26.7 Å². The number of aromatic nitrogens is 1. The molecule has 1 heterocycles. The van der Waals surface area contributed by atoms with Crippen LogP contribution in [0.15, 0.2) is 66.7 Å². The summed E-state index contributed by atoms with van der Waals surface area (Å²) < 4.78 is 23.9. The van der Waals surface area contributed by atoms with E-state index >= 15 is 0 Å². The number of methoxy groups -OCH3 is 1. The van der Waals surface area contributed by atoms with Crippen molar-refractivity contribution in [3.05, 3.63) is 88.0 Å². The van der Waals surface area contributed by atoms with Gasteiger partial charge in [0.05, 0.1) is 12.8 Å². The van der Waals surface area contributed by atoms with E-state index < -0.39 is 11.7 Å². The first-order valence-corrected chi connectivity index (χ1v) is 11.9. The fourth-order valence-corrected chi connectivity index (χ4v) is 4.35. The van der Waals surface area contributed by atoms with E-state index in [2.05, 4.69) is 15.6 Å². The Bertz CT molecular complexity index is 1410. The van der Waals surface area contributed by atoms with E-state index in [0.29, 0.717) is 21.4 Å². The first-order valence-electron chi connectivity index (χ1n) is 10.7. The van der Waals surface area contributed by atoms with E-state index in [1.54, 1.807) is 18.2 Å². The van der Waals surface area contributed by atoms with Crippen LogP contribution >= 0.6 is 22.9 Å². The molecule has 2 amide bonds. The molecule has 0 saturated carbocycles. The van der Waals surface area contributed by atoms with Crippen LogP contribution in [0.25, 0.3) is 11.3 Å². The van der Waals surface area contributed by atoms with Gasteiger partial charge in [-0.3, -0.25) is 14.9 Å². The van der Waals surface area contributed by atoms with Crippen LogP contribution in [-0.2, 0) is 4.79 Å². The molecule has 10 heteroatoms. The SMILES string of the molecule is COc1cc(C(=O)Nc2nc(-c3cccc(Cl)c3)c(C)s2)ccc1OCC(=O)Nc1ccc(F)cc1. The van der Waals surface area contributed by atoms with Crippen molar-refractivity contribution in [3.63, 3.8) is 0 Å².